The lowest BCUT2D eigenvalue weighted by Crippen LogP contribution is -2.50. The molecule has 0 fully saturated rings. The number of rotatable bonds is 3. The molecule has 1 aromatic carbocycles. The van der Waals surface area contributed by atoms with Crippen LogP contribution in [-0.4, -0.2) is 11.6 Å². The first-order valence-corrected chi connectivity index (χ1v) is 7.83. The first kappa shape index (κ1) is 15.9. The third-order valence-electron chi connectivity index (χ3n) is 3.86. The summed E-state index contributed by atoms with van der Waals surface area (Å²) in [5, 5.41) is 6.25. The SMILES string of the molecule is CC(C)(C)CC(C)(C)NC(=O)NC1CCc2ccccc21. The van der Waals surface area contributed by atoms with Gasteiger partial charge >= 0.3 is 6.03 Å². The highest BCUT2D eigenvalue weighted by Gasteiger charge is 2.29. The van der Waals surface area contributed by atoms with Crippen molar-refractivity contribution in [2.75, 3.05) is 0 Å². The van der Waals surface area contributed by atoms with Gasteiger partial charge < -0.3 is 10.6 Å². The van der Waals surface area contributed by atoms with Gasteiger partial charge in [-0.3, -0.25) is 0 Å². The zero-order valence-electron chi connectivity index (χ0n) is 13.9. The minimum atomic E-state index is -0.208. The molecule has 0 bridgehead atoms. The molecule has 0 heterocycles. The van der Waals surface area contributed by atoms with Crippen LogP contribution < -0.4 is 10.6 Å². The number of amides is 2. The lowest BCUT2D eigenvalue weighted by molar-refractivity contribution is 0.207. The molecule has 1 unspecified atom stereocenters. The molecule has 0 radical (unpaired) electrons. The number of hydrogen-bond acceptors (Lipinski definition) is 1. The molecular formula is C18H28N2O. The van der Waals surface area contributed by atoms with Crippen LogP contribution in [0.5, 0.6) is 0 Å². The molecule has 21 heavy (non-hydrogen) atoms. The topological polar surface area (TPSA) is 41.1 Å². The first-order chi connectivity index (χ1) is 9.66. The van der Waals surface area contributed by atoms with Gasteiger partial charge in [-0.05, 0) is 49.7 Å². The first-order valence-electron chi connectivity index (χ1n) is 7.83. The van der Waals surface area contributed by atoms with Crippen LogP contribution in [-0.2, 0) is 6.42 Å². The normalized spacial score (nSPS) is 18.2. The Morgan fingerprint density at radius 2 is 1.86 bits per heavy atom. The van der Waals surface area contributed by atoms with Gasteiger partial charge in [0.2, 0.25) is 0 Å². The van der Waals surface area contributed by atoms with E-state index in [-0.39, 0.29) is 23.0 Å². The van der Waals surface area contributed by atoms with E-state index >= 15 is 0 Å². The van der Waals surface area contributed by atoms with Crippen molar-refractivity contribution in [3.8, 4) is 0 Å². The van der Waals surface area contributed by atoms with Crippen LogP contribution in [0, 0.1) is 5.41 Å². The van der Waals surface area contributed by atoms with Gasteiger partial charge in [0.15, 0.2) is 0 Å². The van der Waals surface area contributed by atoms with E-state index in [4.69, 9.17) is 0 Å². The maximum absolute atomic E-state index is 12.3. The maximum Gasteiger partial charge on any atom is 0.315 e. The Balaban J connectivity index is 1.94. The van der Waals surface area contributed by atoms with Gasteiger partial charge in [0, 0.05) is 5.54 Å². The summed E-state index contributed by atoms with van der Waals surface area (Å²) in [4.78, 5) is 12.3. The summed E-state index contributed by atoms with van der Waals surface area (Å²) < 4.78 is 0. The standard InChI is InChI=1S/C18H28N2O/c1-17(2,3)12-18(4,5)20-16(21)19-15-11-10-13-8-6-7-9-14(13)15/h6-9,15H,10-12H2,1-5H3,(H2,19,20,21). The van der Waals surface area contributed by atoms with E-state index in [0.29, 0.717) is 0 Å². The smallest absolute Gasteiger partial charge is 0.315 e. The van der Waals surface area contributed by atoms with Crippen molar-refractivity contribution in [3.63, 3.8) is 0 Å². The fraction of sp³-hybridized carbons (Fsp3) is 0.611. The molecule has 0 aromatic heterocycles. The Morgan fingerprint density at radius 1 is 1.19 bits per heavy atom. The third-order valence-corrected chi connectivity index (χ3v) is 3.86. The van der Waals surface area contributed by atoms with E-state index in [9.17, 15) is 4.79 Å². The van der Waals surface area contributed by atoms with E-state index in [1.165, 1.54) is 11.1 Å². The number of aryl methyl sites for hydroxylation is 1. The number of benzene rings is 1. The molecule has 1 aromatic rings. The fourth-order valence-corrected chi connectivity index (χ4v) is 3.58. The van der Waals surface area contributed by atoms with Crippen molar-refractivity contribution in [1.29, 1.82) is 0 Å². The van der Waals surface area contributed by atoms with Gasteiger partial charge in [0.25, 0.3) is 0 Å². The molecule has 2 rings (SSSR count). The van der Waals surface area contributed by atoms with Gasteiger partial charge in [-0.15, -0.1) is 0 Å². The van der Waals surface area contributed by atoms with E-state index in [1.54, 1.807) is 0 Å². The zero-order chi connectivity index (χ0) is 15.7. The average Bonchev–Trinajstić information content (AvgIpc) is 2.68. The molecule has 1 aliphatic carbocycles. The third kappa shape index (κ3) is 4.48. The second kappa shape index (κ2) is 5.70. The number of fused-ring (bicyclic) bond motifs is 1. The molecule has 0 saturated carbocycles. The number of carbonyl (C=O) groups excluding carboxylic acids is 1. The molecular weight excluding hydrogens is 260 g/mol. The highest BCUT2D eigenvalue weighted by atomic mass is 16.2. The van der Waals surface area contributed by atoms with Crippen LogP contribution in [0.1, 0.15) is 64.6 Å². The second-order valence-corrected chi connectivity index (χ2v) is 8.01. The summed E-state index contributed by atoms with van der Waals surface area (Å²) in [5.41, 5.74) is 2.61. The number of nitrogens with one attached hydrogen (secondary N) is 2. The van der Waals surface area contributed by atoms with Crippen molar-refractivity contribution in [3.05, 3.63) is 35.4 Å². The van der Waals surface area contributed by atoms with Crippen molar-refractivity contribution in [1.82, 2.24) is 10.6 Å². The van der Waals surface area contributed by atoms with Crippen LogP contribution in [0.15, 0.2) is 24.3 Å². The van der Waals surface area contributed by atoms with Crippen molar-refractivity contribution >= 4 is 6.03 Å². The Kier molecular flexibility index (Phi) is 4.31. The molecule has 2 N–H and O–H groups in total. The monoisotopic (exact) mass is 288 g/mol. The molecule has 116 valence electrons. The molecule has 0 spiro atoms. The maximum atomic E-state index is 12.3. The zero-order valence-corrected chi connectivity index (χ0v) is 13.9. The Labute approximate surface area is 128 Å². The Morgan fingerprint density at radius 3 is 2.52 bits per heavy atom. The van der Waals surface area contributed by atoms with E-state index in [1.807, 2.05) is 6.07 Å². The van der Waals surface area contributed by atoms with E-state index < -0.39 is 0 Å². The van der Waals surface area contributed by atoms with Crippen LogP contribution >= 0.6 is 0 Å². The predicted molar refractivity (Wildman–Crippen MR) is 87.3 cm³/mol. The van der Waals surface area contributed by atoms with Gasteiger partial charge in [-0.25, -0.2) is 4.79 Å². The fourth-order valence-electron chi connectivity index (χ4n) is 3.58. The molecule has 0 aliphatic heterocycles. The van der Waals surface area contributed by atoms with Crippen LogP contribution in [0.4, 0.5) is 4.79 Å². The second-order valence-electron chi connectivity index (χ2n) is 8.01. The lowest BCUT2D eigenvalue weighted by Gasteiger charge is -2.33. The molecule has 3 nitrogen and oxygen atoms in total. The van der Waals surface area contributed by atoms with Crippen molar-refractivity contribution in [2.45, 2.75) is 65.5 Å². The summed E-state index contributed by atoms with van der Waals surface area (Å²) in [6.45, 7) is 10.8. The minimum absolute atomic E-state index is 0.0639. The van der Waals surface area contributed by atoms with Crippen molar-refractivity contribution in [2.24, 2.45) is 5.41 Å². The Hall–Kier alpha value is -1.51. The summed E-state index contributed by atoms with van der Waals surface area (Å²) in [6, 6.07) is 8.46. The van der Waals surface area contributed by atoms with Gasteiger partial charge in [-0.1, -0.05) is 45.0 Å². The summed E-state index contributed by atoms with van der Waals surface area (Å²) in [7, 11) is 0. The molecule has 1 aliphatic rings. The molecule has 3 heteroatoms. The van der Waals surface area contributed by atoms with Gasteiger partial charge in [0.1, 0.15) is 0 Å². The van der Waals surface area contributed by atoms with Crippen LogP contribution in [0.25, 0.3) is 0 Å². The number of urea groups is 1. The summed E-state index contributed by atoms with van der Waals surface area (Å²) in [6.07, 6.45) is 2.98. The molecule has 0 saturated heterocycles. The number of hydrogen-bond donors (Lipinski definition) is 2. The number of carbonyl (C=O) groups is 1. The molecule has 2 amide bonds. The minimum Gasteiger partial charge on any atom is -0.333 e. The van der Waals surface area contributed by atoms with Gasteiger partial charge in [-0.2, -0.15) is 0 Å². The summed E-state index contributed by atoms with van der Waals surface area (Å²) >= 11 is 0. The lowest BCUT2D eigenvalue weighted by atomic mass is 9.82. The van der Waals surface area contributed by atoms with E-state index in [0.717, 1.165) is 19.3 Å². The predicted octanol–water partition coefficient (Wildman–Crippen LogP) is 4.19. The quantitative estimate of drug-likeness (QED) is 0.860. The van der Waals surface area contributed by atoms with Gasteiger partial charge in [0.05, 0.1) is 6.04 Å². The average molecular weight is 288 g/mol. The Bertz CT molecular complexity index is 514. The van der Waals surface area contributed by atoms with Crippen molar-refractivity contribution < 1.29 is 4.79 Å². The largest absolute Gasteiger partial charge is 0.333 e. The summed E-state index contributed by atoms with van der Waals surface area (Å²) in [5.74, 6) is 0. The highest BCUT2D eigenvalue weighted by molar-refractivity contribution is 5.75. The van der Waals surface area contributed by atoms with Crippen LogP contribution in [0.2, 0.25) is 0 Å². The van der Waals surface area contributed by atoms with E-state index in [2.05, 4.69) is 63.5 Å². The van der Waals surface area contributed by atoms with Crippen LogP contribution in [0.3, 0.4) is 0 Å². The molecule has 1 atom stereocenters. The highest BCUT2D eigenvalue weighted by Crippen LogP contribution is 2.31.